The quantitative estimate of drug-likeness (QED) is 0.895. The number of carbonyl (C=O) groups is 1. The minimum atomic E-state index is -0.423. The van der Waals surface area contributed by atoms with Gasteiger partial charge in [-0.1, -0.05) is 0 Å². The third-order valence-electron chi connectivity index (χ3n) is 4.55. The number of amides is 1. The van der Waals surface area contributed by atoms with Crippen LogP contribution in [0.25, 0.3) is 0 Å². The van der Waals surface area contributed by atoms with Crippen LogP contribution in [0.1, 0.15) is 45.7 Å². The second-order valence-electron chi connectivity index (χ2n) is 7.39. The number of nitrogens with one attached hydrogen (secondary N) is 2. The van der Waals surface area contributed by atoms with E-state index >= 15 is 0 Å². The summed E-state index contributed by atoms with van der Waals surface area (Å²) in [6, 6.07) is 2.66. The van der Waals surface area contributed by atoms with Gasteiger partial charge < -0.3 is 15.0 Å². The van der Waals surface area contributed by atoms with Crippen molar-refractivity contribution in [2.24, 2.45) is 5.92 Å². The van der Waals surface area contributed by atoms with Crippen LogP contribution in [0.5, 0.6) is 0 Å². The van der Waals surface area contributed by atoms with Crippen LogP contribution in [0.3, 0.4) is 0 Å². The Labute approximate surface area is 131 Å². The predicted molar refractivity (Wildman–Crippen MR) is 83.3 cm³/mol. The lowest BCUT2D eigenvalue weighted by molar-refractivity contribution is 0.0205. The molecule has 2 aliphatic rings. The molecule has 22 heavy (non-hydrogen) atoms. The molecule has 6 nitrogen and oxygen atoms in total. The van der Waals surface area contributed by atoms with E-state index in [0.717, 1.165) is 38.0 Å². The molecule has 1 aromatic rings. The van der Waals surface area contributed by atoms with Gasteiger partial charge in [-0.2, -0.15) is 5.10 Å². The zero-order valence-electron chi connectivity index (χ0n) is 13.6. The molecule has 0 aliphatic carbocycles. The monoisotopic (exact) mass is 306 g/mol. The van der Waals surface area contributed by atoms with Gasteiger partial charge in [0.05, 0.1) is 0 Å². The summed E-state index contributed by atoms with van der Waals surface area (Å²) in [4.78, 5) is 14.4. The number of aromatic amines is 1. The minimum Gasteiger partial charge on any atom is -0.444 e. The molecule has 0 saturated carbocycles. The van der Waals surface area contributed by atoms with Crippen LogP contribution in [-0.2, 0) is 11.3 Å². The molecule has 2 bridgehead atoms. The van der Waals surface area contributed by atoms with E-state index in [1.54, 1.807) is 6.20 Å². The van der Waals surface area contributed by atoms with Crippen LogP contribution >= 0.6 is 0 Å². The number of carbonyl (C=O) groups excluding carboxylic acids is 1. The fraction of sp³-hybridized carbons (Fsp3) is 0.750. The van der Waals surface area contributed by atoms with Crippen LogP contribution in [0.4, 0.5) is 4.79 Å². The van der Waals surface area contributed by atoms with Gasteiger partial charge in [-0.3, -0.25) is 5.10 Å². The van der Waals surface area contributed by atoms with Gasteiger partial charge in [0, 0.05) is 37.1 Å². The number of nitrogens with zero attached hydrogens (tertiary/aromatic N) is 2. The Hall–Kier alpha value is -1.56. The maximum atomic E-state index is 12.4. The number of hydrogen-bond donors (Lipinski definition) is 2. The van der Waals surface area contributed by atoms with Crippen molar-refractivity contribution in [3.05, 3.63) is 18.0 Å². The van der Waals surface area contributed by atoms with Crippen molar-refractivity contribution in [2.75, 3.05) is 6.54 Å². The van der Waals surface area contributed by atoms with E-state index in [1.165, 1.54) is 0 Å². The molecule has 3 atom stereocenters. The van der Waals surface area contributed by atoms with Gasteiger partial charge in [-0.15, -0.1) is 0 Å². The van der Waals surface area contributed by atoms with E-state index in [9.17, 15) is 4.79 Å². The summed E-state index contributed by atoms with van der Waals surface area (Å²) < 4.78 is 5.57. The van der Waals surface area contributed by atoms with E-state index in [2.05, 4.69) is 15.5 Å². The van der Waals surface area contributed by atoms with E-state index in [0.29, 0.717) is 18.0 Å². The van der Waals surface area contributed by atoms with Crippen molar-refractivity contribution < 1.29 is 9.53 Å². The summed E-state index contributed by atoms with van der Waals surface area (Å²) in [6.07, 6.45) is 4.91. The summed E-state index contributed by atoms with van der Waals surface area (Å²) in [5.74, 6) is 0.522. The van der Waals surface area contributed by atoms with E-state index in [1.807, 2.05) is 31.7 Å². The molecule has 2 N–H and O–H groups in total. The second-order valence-corrected chi connectivity index (χ2v) is 7.39. The maximum absolute atomic E-state index is 12.4. The molecule has 0 radical (unpaired) electrons. The largest absolute Gasteiger partial charge is 0.444 e. The van der Waals surface area contributed by atoms with E-state index in [-0.39, 0.29) is 6.09 Å². The highest BCUT2D eigenvalue weighted by molar-refractivity contribution is 5.70. The molecule has 6 heteroatoms. The van der Waals surface area contributed by atoms with Gasteiger partial charge in [0.15, 0.2) is 0 Å². The van der Waals surface area contributed by atoms with Crippen molar-refractivity contribution in [2.45, 2.75) is 64.3 Å². The first kappa shape index (κ1) is 15.3. The Bertz CT molecular complexity index is 509. The lowest BCUT2D eigenvalue weighted by atomic mass is 9.89. The molecule has 2 saturated heterocycles. The predicted octanol–water partition coefficient (Wildman–Crippen LogP) is 2.29. The van der Waals surface area contributed by atoms with Crippen LogP contribution in [0.2, 0.25) is 0 Å². The fourth-order valence-electron chi connectivity index (χ4n) is 3.71. The topological polar surface area (TPSA) is 70.2 Å². The average Bonchev–Trinajstić information content (AvgIpc) is 3.11. The highest BCUT2D eigenvalue weighted by Crippen LogP contribution is 2.42. The van der Waals surface area contributed by atoms with E-state index in [4.69, 9.17) is 4.74 Å². The van der Waals surface area contributed by atoms with Crippen molar-refractivity contribution in [1.29, 1.82) is 0 Å². The highest BCUT2D eigenvalue weighted by Gasteiger charge is 2.49. The number of hydrogen-bond acceptors (Lipinski definition) is 4. The first-order valence-electron chi connectivity index (χ1n) is 8.14. The van der Waals surface area contributed by atoms with Gasteiger partial charge in [-0.25, -0.2) is 4.79 Å². The molecule has 3 unspecified atom stereocenters. The van der Waals surface area contributed by atoms with Crippen LogP contribution in [0, 0.1) is 5.92 Å². The fourth-order valence-corrected chi connectivity index (χ4v) is 3.71. The number of fused-ring (bicyclic) bond motifs is 2. The molecular formula is C16H26N4O2. The summed E-state index contributed by atoms with van der Waals surface area (Å²) in [5, 5.41) is 10.4. The molecule has 2 aliphatic heterocycles. The van der Waals surface area contributed by atoms with Crippen molar-refractivity contribution in [3.8, 4) is 0 Å². The zero-order valence-corrected chi connectivity index (χ0v) is 13.6. The number of H-pyrrole nitrogens is 1. The third-order valence-corrected chi connectivity index (χ3v) is 4.55. The van der Waals surface area contributed by atoms with Gasteiger partial charge in [0.1, 0.15) is 5.60 Å². The second kappa shape index (κ2) is 5.91. The van der Waals surface area contributed by atoms with E-state index < -0.39 is 5.60 Å². The van der Waals surface area contributed by atoms with Crippen LogP contribution in [-0.4, -0.2) is 45.4 Å². The Morgan fingerprint density at radius 2 is 2.32 bits per heavy atom. The van der Waals surface area contributed by atoms with Crippen molar-refractivity contribution in [3.63, 3.8) is 0 Å². The zero-order chi connectivity index (χ0) is 15.7. The van der Waals surface area contributed by atoms with Crippen LogP contribution in [0.15, 0.2) is 12.3 Å². The molecular weight excluding hydrogens is 280 g/mol. The van der Waals surface area contributed by atoms with Crippen molar-refractivity contribution in [1.82, 2.24) is 20.4 Å². The molecule has 2 fully saturated rings. The highest BCUT2D eigenvalue weighted by atomic mass is 16.6. The normalized spacial score (nSPS) is 27.4. The summed E-state index contributed by atoms with van der Waals surface area (Å²) in [7, 11) is 0. The Kier molecular flexibility index (Phi) is 4.12. The molecule has 0 aromatic carbocycles. The lowest BCUT2D eigenvalue weighted by Crippen LogP contribution is -2.41. The summed E-state index contributed by atoms with van der Waals surface area (Å²) in [6.45, 7) is 7.49. The number of ether oxygens (including phenoxy) is 1. The van der Waals surface area contributed by atoms with Gasteiger partial charge >= 0.3 is 6.09 Å². The Morgan fingerprint density at radius 3 is 3.00 bits per heavy atom. The molecule has 1 amide bonds. The molecule has 3 heterocycles. The maximum Gasteiger partial charge on any atom is 0.410 e. The minimum absolute atomic E-state index is 0.143. The average molecular weight is 306 g/mol. The molecule has 3 rings (SSSR count). The van der Waals surface area contributed by atoms with Gasteiger partial charge in [0.25, 0.3) is 0 Å². The Morgan fingerprint density at radius 1 is 1.50 bits per heavy atom. The van der Waals surface area contributed by atoms with Crippen molar-refractivity contribution >= 4 is 6.09 Å². The lowest BCUT2D eigenvalue weighted by Gasteiger charge is -2.28. The SMILES string of the molecule is CC(C)(C)OC(=O)N1C2CCC1C(CNCc1ccn[nH]1)C2. The first-order chi connectivity index (χ1) is 10.4. The Balaban J connectivity index is 1.53. The smallest absolute Gasteiger partial charge is 0.410 e. The number of rotatable bonds is 4. The summed E-state index contributed by atoms with van der Waals surface area (Å²) in [5.41, 5.74) is 0.667. The van der Waals surface area contributed by atoms with Gasteiger partial charge in [-0.05, 0) is 52.0 Å². The summed E-state index contributed by atoms with van der Waals surface area (Å²) >= 11 is 0. The first-order valence-corrected chi connectivity index (χ1v) is 8.14. The van der Waals surface area contributed by atoms with Gasteiger partial charge in [0.2, 0.25) is 0 Å². The molecule has 1 aromatic heterocycles. The van der Waals surface area contributed by atoms with Crippen LogP contribution < -0.4 is 5.32 Å². The third kappa shape index (κ3) is 3.27. The standard InChI is InChI=1S/C16H26N4O2/c1-16(2,3)22-15(21)20-13-4-5-14(20)11(8-13)9-17-10-12-6-7-18-19-12/h6-7,11,13-14,17H,4-5,8-10H2,1-3H3,(H,18,19). The number of aromatic nitrogens is 2. The molecule has 122 valence electrons. The molecule has 0 spiro atoms.